The molecule has 1 atom stereocenters. The molecule has 0 saturated carbocycles. The van der Waals surface area contributed by atoms with Crippen LogP contribution in [0.2, 0.25) is 0 Å². The van der Waals surface area contributed by atoms with E-state index in [1.165, 1.54) is 16.3 Å². The fourth-order valence-corrected chi connectivity index (χ4v) is 2.85. The molecule has 20 heavy (non-hydrogen) atoms. The zero-order chi connectivity index (χ0) is 14.1. The molecule has 104 valence electrons. The predicted octanol–water partition coefficient (Wildman–Crippen LogP) is 4.89. The van der Waals surface area contributed by atoms with Crippen molar-refractivity contribution in [1.29, 1.82) is 0 Å². The summed E-state index contributed by atoms with van der Waals surface area (Å²) in [5, 5.41) is 5.83. The normalized spacial score (nSPS) is 13.4. The van der Waals surface area contributed by atoms with Gasteiger partial charge < -0.3 is 9.73 Å². The number of furan rings is 1. The second kappa shape index (κ2) is 5.29. The summed E-state index contributed by atoms with van der Waals surface area (Å²) in [7, 11) is 2.03. The molecule has 0 bridgehead atoms. The van der Waals surface area contributed by atoms with E-state index in [-0.39, 0.29) is 0 Å². The van der Waals surface area contributed by atoms with Crippen LogP contribution in [0.4, 0.5) is 0 Å². The Balaban J connectivity index is 2.11. The molecule has 0 fully saturated rings. The number of para-hydroxylation sites is 1. The average Bonchev–Trinajstić information content (AvgIpc) is 2.82. The average molecular weight is 267 g/mol. The summed E-state index contributed by atoms with van der Waals surface area (Å²) in [6, 6.07) is 15.2. The van der Waals surface area contributed by atoms with Gasteiger partial charge in [0.1, 0.15) is 11.2 Å². The summed E-state index contributed by atoms with van der Waals surface area (Å²) in [6.45, 7) is 4.52. The molecule has 1 unspecified atom stereocenters. The molecule has 3 aromatic rings. The zero-order valence-electron chi connectivity index (χ0n) is 12.3. The Morgan fingerprint density at radius 2 is 1.75 bits per heavy atom. The van der Waals surface area contributed by atoms with Gasteiger partial charge in [-0.3, -0.25) is 0 Å². The Bertz CT molecular complexity index is 726. The van der Waals surface area contributed by atoms with E-state index in [0.29, 0.717) is 12.0 Å². The van der Waals surface area contributed by atoms with E-state index in [1.807, 2.05) is 19.2 Å². The Labute approximate surface area is 119 Å². The molecule has 2 nitrogen and oxygen atoms in total. The molecule has 0 saturated heterocycles. The van der Waals surface area contributed by atoms with E-state index >= 15 is 0 Å². The van der Waals surface area contributed by atoms with E-state index in [9.17, 15) is 0 Å². The van der Waals surface area contributed by atoms with Crippen LogP contribution in [-0.4, -0.2) is 7.05 Å². The Morgan fingerprint density at radius 3 is 2.50 bits per heavy atom. The van der Waals surface area contributed by atoms with Crippen LogP contribution in [0.15, 0.2) is 46.9 Å². The molecule has 2 heteroatoms. The molecular formula is C18H21NO. The van der Waals surface area contributed by atoms with Crippen LogP contribution < -0.4 is 5.32 Å². The van der Waals surface area contributed by atoms with Crippen molar-refractivity contribution >= 4 is 21.9 Å². The fraction of sp³-hybridized carbons (Fsp3) is 0.333. The first-order chi connectivity index (χ1) is 9.69. The zero-order valence-corrected chi connectivity index (χ0v) is 12.3. The topological polar surface area (TPSA) is 25.2 Å². The second-order valence-electron chi connectivity index (χ2n) is 5.82. The third-order valence-corrected chi connectivity index (χ3v) is 3.86. The van der Waals surface area contributed by atoms with E-state index < -0.39 is 0 Å². The number of hydrogen-bond acceptors (Lipinski definition) is 2. The molecule has 1 heterocycles. The lowest BCUT2D eigenvalue weighted by molar-refractivity contribution is 0.457. The summed E-state index contributed by atoms with van der Waals surface area (Å²) in [5.74, 6) is 0.671. The predicted molar refractivity (Wildman–Crippen MR) is 85.0 cm³/mol. The molecule has 0 aliphatic heterocycles. The van der Waals surface area contributed by atoms with Gasteiger partial charge in [-0.2, -0.15) is 0 Å². The van der Waals surface area contributed by atoms with Crippen LogP contribution in [0.1, 0.15) is 31.9 Å². The standard InChI is InChI=1S/C18H21NO/c1-12(2)10-16(19-3)13-8-9-18-15(11-13)14-6-4-5-7-17(14)20-18/h4-9,11-12,16,19H,10H2,1-3H3. The van der Waals surface area contributed by atoms with Gasteiger partial charge in [-0.1, -0.05) is 38.1 Å². The monoisotopic (exact) mass is 267 g/mol. The van der Waals surface area contributed by atoms with Crippen molar-refractivity contribution in [3.05, 3.63) is 48.0 Å². The SMILES string of the molecule is CNC(CC(C)C)c1ccc2oc3ccccc3c2c1. The van der Waals surface area contributed by atoms with Gasteiger partial charge in [0.15, 0.2) is 0 Å². The van der Waals surface area contributed by atoms with Gasteiger partial charge in [0.05, 0.1) is 0 Å². The first-order valence-corrected chi connectivity index (χ1v) is 7.27. The van der Waals surface area contributed by atoms with Crippen molar-refractivity contribution in [2.45, 2.75) is 26.3 Å². The molecule has 0 radical (unpaired) electrons. The van der Waals surface area contributed by atoms with Crippen LogP contribution in [-0.2, 0) is 0 Å². The Hall–Kier alpha value is -1.80. The fourth-order valence-electron chi connectivity index (χ4n) is 2.85. The van der Waals surface area contributed by atoms with Gasteiger partial charge in [-0.25, -0.2) is 0 Å². The van der Waals surface area contributed by atoms with Gasteiger partial charge in [0, 0.05) is 16.8 Å². The minimum absolute atomic E-state index is 0.396. The highest BCUT2D eigenvalue weighted by atomic mass is 16.3. The maximum Gasteiger partial charge on any atom is 0.135 e. The highest BCUT2D eigenvalue weighted by Crippen LogP contribution is 2.31. The molecule has 0 aliphatic carbocycles. The third-order valence-electron chi connectivity index (χ3n) is 3.86. The smallest absolute Gasteiger partial charge is 0.135 e. The van der Waals surface area contributed by atoms with Gasteiger partial charge in [-0.05, 0) is 43.1 Å². The van der Waals surface area contributed by atoms with Crippen LogP contribution >= 0.6 is 0 Å². The van der Waals surface area contributed by atoms with Crippen molar-refractivity contribution in [3.63, 3.8) is 0 Å². The summed E-state index contributed by atoms with van der Waals surface area (Å²) in [4.78, 5) is 0. The lowest BCUT2D eigenvalue weighted by atomic mass is 9.96. The van der Waals surface area contributed by atoms with E-state index in [1.54, 1.807) is 0 Å². The van der Waals surface area contributed by atoms with E-state index in [0.717, 1.165) is 17.6 Å². The first-order valence-electron chi connectivity index (χ1n) is 7.27. The first kappa shape index (κ1) is 13.2. The van der Waals surface area contributed by atoms with Crippen LogP contribution in [0, 0.1) is 5.92 Å². The largest absolute Gasteiger partial charge is 0.456 e. The van der Waals surface area contributed by atoms with Crippen molar-refractivity contribution in [1.82, 2.24) is 5.32 Å². The molecule has 3 rings (SSSR count). The number of nitrogens with one attached hydrogen (secondary N) is 1. The van der Waals surface area contributed by atoms with E-state index in [4.69, 9.17) is 4.42 Å². The minimum atomic E-state index is 0.396. The summed E-state index contributed by atoms with van der Waals surface area (Å²) < 4.78 is 5.88. The van der Waals surface area contributed by atoms with Crippen LogP contribution in [0.5, 0.6) is 0 Å². The van der Waals surface area contributed by atoms with Crippen molar-refractivity contribution in [2.75, 3.05) is 7.05 Å². The van der Waals surface area contributed by atoms with Crippen molar-refractivity contribution in [2.24, 2.45) is 5.92 Å². The van der Waals surface area contributed by atoms with Crippen molar-refractivity contribution < 1.29 is 4.42 Å². The van der Waals surface area contributed by atoms with Crippen LogP contribution in [0.3, 0.4) is 0 Å². The molecule has 1 N–H and O–H groups in total. The number of hydrogen-bond donors (Lipinski definition) is 1. The maximum atomic E-state index is 5.88. The lowest BCUT2D eigenvalue weighted by Gasteiger charge is -2.18. The molecule has 1 aromatic heterocycles. The highest BCUT2D eigenvalue weighted by Gasteiger charge is 2.13. The van der Waals surface area contributed by atoms with Gasteiger partial charge >= 0.3 is 0 Å². The van der Waals surface area contributed by atoms with Gasteiger partial charge in [0.2, 0.25) is 0 Å². The number of fused-ring (bicyclic) bond motifs is 3. The van der Waals surface area contributed by atoms with Crippen LogP contribution in [0.25, 0.3) is 21.9 Å². The Morgan fingerprint density at radius 1 is 1.00 bits per heavy atom. The molecular weight excluding hydrogens is 246 g/mol. The molecule has 0 spiro atoms. The van der Waals surface area contributed by atoms with Gasteiger partial charge in [0.25, 0.3) is 0 Å². The van der Waals surface area contributed by atoms with Gasteiger partial charge in [-0.15, -0.1) is 0 Å². The Kier molecular flexibility index (Phi) is 3.49. The minimum Gasteiger partial charge on any atom is -0.456 e. The summed E-state index contributed by atoms with van der Waals surface area (Å²) >= 11 is 0. The third kappa shape index (κ3) is 2.32. The molecule has 0 aliphatic rings. The van der Waals surface area contributed by atoms with Crippen molar-refractivity contribution in [3.8, 4) is 0 Å². The summed E-state index contributed by atoms with van der Waals surface area (Å²) in [6.07, 6.45) is 1.14. The lowest BCUT2D eigenvalue weighted by Crippen LogP contribution is -2.18. The maximum absolute atomic E-state index is 5.88. The number of benzene rings is 2. The number of rotatable bonds is 4. The summed E-state index contributed by atoms with van der Waals surface area (Å²) in [5.41, 5.74) is 3.26. The molecule has 0 amide bonds. The molecule has 2 aromatic carbocycles. The second-order valence-corrected chi connectivity index (χ2v) is 5.82. The quantitative estimate of drug-likeness (QED) is 0.728. The highest BCUT2D eigenvalue weighted by molar-refractivity contribution is 6.05. The van der Waals surface area contributed by atoms with E-state index in [2.05, 4.69) is 49.5 Å².